The van der Waals surface area contributed by atoms with Crippen molar-refractivity contribution in [1.82, 2.24) is 4.98 Å². The zero-order valence-electron chi connectivity index (χ0n) is 7.86. The van der Waals surface area contributed by atoms with Crippen LogP contribution in [0, 0.1) is 0 Å². The lowest BCUT2D eigenvalue weighted by Crippen LogP contribution is -2.09. The van der Waals surface area contributed by atoms with Gasteiger partial charge in [-0.1, -0.05) is 6.92 Å². The average molecular weight is 182 g/mol. The van der Waals surface area contributed by atoms with Gasteiger partial charge >= 0.3 is 0 Å². The largest absolute Gasteiger partial charge is 0.495 e. The van der Waals surface area contributed by atoms with Crippen molar-refractivity contribution >= 4 is 0 Å². The van der Waals surface area contributed by atoms with Gasteiger partial charge in [0.1, 0.15) is 5.75 Å². The number of nitrogens with two attached hydrogens (primary N) is 1. The summed E-state index contributed by atoms with van der Waals surface area (Å²) in [6.45, 7) is 2.47. The Balaban J connectivity index is 2.67. The average Bonchev–Trinajstić information content (AvgIpc) is 2.18. The quantitative estimate of drug-likeness (QED) is 0.708. The molecule has 1 unspecified atom stereocenters. The van der Waals surface area contributed by atoms with Gasteiger partial charge in [-0.15, -0.1) is 0 Å². The number of ether oxygens (including phenoxy) is 1. The highest BCUT2D eigenvalue weighted by molar-refractivity contribution is 5.21. The van der Waals surface area contributed by atoms with Crippen LogP contribution in [0.25, 0.3) is 0 Å². The molecule has 0 aliphatic rings. The molecule has 4 heteroatoms. The third-order valence-corrected chi connectivity index (χ3v) is 1.85. The summed E-state index contributed by atoms with van der Waals surface area (Å²) in [6.07, 6.45) is 1.68. The van der Waals surface area contributed by atoms with Crippen LogP contribution >= 0.6 is 0 Å². The number of pyridine rings is 1. The second kappa shape index (κ2) is 4.79. The van der Waals surface area contributed by atoms with Crippen LogP contribution < -0.4 is 10.6 Å². The summed E-state index contributed by atoms with van der Waals surface area (Å²) in [6, 6.07) is 3.78. The lowest BCUT2D eigenvalue weighted by molar-refractivity contribution is 0.126. The molecule has 0 fully saturated rings. The fourth-order valence-corrected chi connectivity index (χ4v) is 1.03. The molecule has 1 atom stereocenters. The standard InChI is InChI=1S/C9H14N2O2/c1-7(6-13-10)9-4-3-8(12-2)5-11-9/h3-5,7H,6,10H2,1-2H3. The van der Waals surface area contributed by atoms with Crippen molar-refractivity contribution in [2.75, 3.05) is 13.7 Å². The fourth-order valence-electron chi connectivity index (χ4n) is 1.03. The van der Waals surface area contributed by atoms with Gasteiger partial charge in [-0.2, -0.15) is 0 Å². The van der Waals surface area contributed by atoms with Crippen molar-refractivity contribution < 1.29 is 9.57 Å². The molecule has 0 spiro atoms. The van der Waals surface area contributed by atoms with E-state index in [2.05, 4.69) is 9.82 Å². The van der Waals surface area contributed by atoms with Crippen LogP contribution in [0.15, 0.2) is 18.3 Å². The second-order valence-corrected chi connectivity index (χ2v) is 2.86. The summed E-state index contributed by atoms with van der Waals surface area (Å²) in [7, 11) is 1.61. The van der Waals surface area contributed by atoms with E-state index >= 15 is 0 Å². The Labute approximate surface area is 77.6 Å². The molecule has 1 aromatic rings. The van der Waals surface area contributed by atoms with Crippen molar-refractivity contribution in [2.45, 2.75) is 12.8 Å². The zero-order chi connectivity index (χ0) is 9.68. The summed E-state index contributed by atoms with van der Waals surface area (Å²) in [5.41, 5.74) is 0.950. The molecule has 0 bridgehead atoms. The molecule has 0 amide bonds. The lowest BCUT2D eigenvalue weighted by atomic mass is 10.1. The van der Waals surface area contributed by atoms with E-state index in [-0.39, 0.29) is 5.92 Å². The maximum atomic E-state index is 4.99. The lowest BCUT2D eigenvalue weighted by Gasteiger charge is -2.08. The molecule has 0 aromatic carbocycles. The molecule has 4 nitrogen and oxygen atoms in total. The van der Waals surface area contributed by atoms with Crippen LogP contribution in [0.5, 0.6) is 5.75 Å². The van der Waals surface area contributed by atoms with Gasteiger partial charge < -0.3 is 9.57 Å². The molecule has 0 aliphatic heterocycles. The molecular weight excluding hydrogens is 168 g/mol. The predicted molar refractivity (Wildman–Crippen MR) is 49.3 cm³/mol. The first-order valence-electron chi connectivity index (χ1n) is 4.09. The summed E-state index contributed by atoms with van der Waals surface area (Å²) >= 11 is 0. The summed E-state index contributed by atoms with van der Waals surface area (Å²) < 4.78 is 4.99. The van der Waals surface area contributed by atoms with Crippen LogP contribution in [0.3, 0.4) is 0 Å². The summed E-state index contributed by atoms with van der Waals surface area (Å²) in [5, 5.41) is 0. The van der Waals surface area contributed by atoms with Gasteiger partial charge in [-0.25, -0.2) is 5.90 Å². The molecule has 13 heavy (non-hydrogen) atoms. The van der Waals surface area contributed by atoms with E-state index in [0.717, 1.165) is 11.4 Å². The predicted octanol–water partition coefficient (Wildman–Crippen LogP) is 1.08. The van der Waals surface area contributed by atoms with E-state index < -0.39 is 0 Å². The Morgan fingerprint density at radius 1 is 1.54 bits per heavy atom. The van der Waals surface area contributed by atoms with E-state index in [4.69, 9.17) is 10.6 Å². The molecule has 72 valence electrons. The normalized spacial score (nSPS) is 12.5. The minimum absolute atomic E-state index is 0.205. The summed E-state index contributed by atoms with van der Waals surface area (Å²) in [4.78, 5) is 8.75. The highest BCUT2D eigenvalue weighted by atomic mass is 16.6. The first-order chi connectivity index (χ1) is 6.27. The third-order valence-electron chi connectivity index (χ3n) is 1.85. The molecule has 0 aliphatic carbocycles. The highest BCUT2D eigenvalue weighted by Gasteiger charge is 2.06. The fraction of sp³-hybridized carbons (Fsp3) is 0.444. The van der Waals surface area contributed by atoms with Crippen molar-refractivity contribution in [2.24, 2.45) is 5.90 Å². The SMILES string of the molecule is COc1ccc(C(C)CON)nc1. The topological polar surface area (TPSA) is 57.4 Å². The number of nitrogens with zero attached hydrogens (tertiary/aromatic N) is 1. The van der Waals surface area contributed by atoms with Crippen molar-refractivity contribution in [3.05, 3.63) is 24.0 Å². The Hall–Kier alpha value is -1.13. The molecular formula is C9H14N2O2. The van der Waals surface area contributed by atoms with E-state index in [0.29, 0.717) is 6.61 Å². The minimum Gasteiger partial charge on any atom is -0.495 e. The molecule has 0 saturated heterocycles. The van der Waals surface area contributed by atoms with Crippen LogP contribution in [0.4, 0.5) is 0 Å². The smallest absolute Gasteiger partial charge is 0.137 e. The minimum atomic E-state index is 0.205. The maximum Gasteiger partial charge on any atom is 0.137 e. The number of hydrogen-bond donors (Lipinski definition) is 1. The number of methoxy groups -OCH3 is 1. The van der Waals surface area contributed by atoms with Crippen molar-refractivity contribution in [1.29, 1.82) is 0 Å². The van der Waals surface area contributed by atoms with Gasteiger partial charge in [-0.3, -0.25) is 4.98 Å². The maximum absolute atomic E-state index is 4.99. The first kappa shape index (κ1) is 9.95. The Morgan fingerprint density at radius 3 is 2.77 bits per heavy atom. The van der Waals surface area contributed by atoms with Gasteiger partial charge in [0.15, 0.2) is 0 Å². The van der Waals surface area contributed by atoms with Crippen molar-refractivity contribution in [3.8, 4) is 5.75 Å². The molecule has 0 saturated carbocycles. The molecule has 0 radical (unpaired) electrons. The second-order valence-electron chi connectivity index (χ2n) is 2.86. The van der Waals surface area contributed by atoms with Crippen LogP contribution in [-0.4, -0.2) is 18.7 Å². The Morgan fingerprint density at radius 2 is 2.31 bits per heavy atom. The van der Waals surface area contributed by atoms with E-state index in [1.165, 1.54) is 0 Å². The first-order valence-corrected chi connectivity index (χ1v) is 4.09. The molecule has 1 rings (SSSR count). The Bertz CT molecular complexity index is 248. The highest BCUT2D eigenvalue weighted by Crippen LogP contribution is 2.15. The van der Waals surface area contributed by atoms with Crippen molar-refractivity contribution in [3.63, 3.8) is 0 Å². The van der Waals surface area contributed by atoms with E-state index in [1.807, 2.05) is 19.1 Å². The molecule has 2 N–H and O–H groups in total. The Kier molecular flexibility index (Phi) is 3.67. The molecule has 1 aromatic heterocycles. The van der Waals surface area contributed by atoms with E-state index in [1.54, 1.807) is 13.3 Å². The summed E-state index contributed by atoms with van der Waals surface area (Å²) in [5.74, 6) is 5.93. The van der Waals surface area contributed by atoms with Crippen LogP contribution in [0.1, 0.15) is 18.5 Å². The number of aromatic nitrogens is 1. The van der Waals surface area contributed by atoms with Gasteiger partial charge in [-0.05, 0) is 12.1 Å². The van der Waals surface area contributed by atoms with Gasteiger partial charge in [0, 0.05) is 11.6 Å². The van der Waals surface area contributed by atoms with Gasteiger partial charge in [0.2, 0.25) is 0 Å². The zero-order valence-corrected chi connectivity index (χ0v) is 7.86. The van der Waals surface area contributed by atoms with E-state index in [9.17, 15) is 0 Å². The van der Waals surface area contributed by atoms with Gasteiger partial charge in [0.05, 0.1) is 19.9 Å². The molecule has 1 heterocycles. The number of rotatable bonds is 4. The third kappa shape index (κ3) is 2.68. The number of hydrogen-bond acceptors (Lipinski definition) is 4. The van der Waals surface area contributed by atoms with Crippen LogP contribution in [0.2, 0.25) is 0 Å². The monoisotopic (exact) mass is 182 g/mol. The van der Waals surface area contributed by atoms with Gasteiger partial charge in [0.25, 0.3) is 0 Å². The van der Waals surface area contributed by atoms with Crippen LogP contribution in [-0.2, 0) is 4.84 Å².